The molecule has 0 bridgehead atoms. The van der Waals surface area contributed by atoms with Gasteiger partial charge in [-0.05, 0) is 68.4 Å². The Labute approximate surface area is 229 Å². The largest absolute Gasteiger partial charge is 0.379 e. The molecule has 0 atom stereocenters. The van der Waals surface area contributed by atoms with Gasteiger partial charge in [0.15, 0.2) is 5.13 Å². The normalized spacial score (nSPS) is 14.6. The highest BCUT2D eigenvalue weighted by Crippen LogP contribution is 2.33. The van der Waals surface area contributed by atoms with E-state index in [0.29, 0.717) is 43.5 Å². The van der Waals surface area contributed by atoms with Crippen LogP contribution in [0.25, 0.3) is 10.2 Å². The number of halogens is 1. The van der Waals surface area contributed by atoms with Crippen LogP contribution in [-0.4, -0.2) is 81.0 Å². The van der Waals surface area contributed by atoms with Gasteiger partial charge in [-0.3, -0.25) is 9.69 Å². The van der Waals surface area contributed by atoms with Crippen molar-refractivity contribution in [3.05, 3.63) is 53.1 Å². The molecule has 8 nitrogen and oxygen atoms in total. The van der Waals surface area contributed by atoms with Crippen LogP contribution in [0.15, 0.2) is 41.3 Å². The zero-order valence-corrected chi connectivity index (χ0v) is 24.2. The van der Waals surface area contributed by atoms with Crippen molar-refractivity contribution in [3.63, 3.8) is 0 Å². The number of nitrogens with zero attached hydrogens (tertiary/aromatic N) is 4. The number of anilines is 1. The predicted molar refractivity (Wildman–Crippen MR) is 152 cm³/mol. The number of fused-ring (bicyclic) bond motifs is 1. The van der Waals surface area contributed by atoms with Crippen LogP contribution in [0.5, 0.6) is 0 Å². The number of amides is 1. The number of likely N-dealkylation sites (N-methyl/N-ethyl adjacent to an activating group) is 1. The van der Waals surface area contributed by atoms with E-state index in [4.69, 9.17) is 9.72 Å². The molecular weight excluding hydrogens is 532 g/mol. The second-order valence-electron chi connectivity index (χ2n) is 8.95. The maximum atomic E-state index is 13.7. The molecule has 0 saturated carbocycles. The number of morpholine rings is 1. The van der Waals surface area contributed by atoms with Gasteiger partial charge in [0.05, 0.1) is 28.3 Å². The molecule has 4 rings (SSSR count). The minimum Gasteiger partial charge on any atom is -0.379 e. The number of ether oxygens (including phenoxy) is 1. The maximum absolute atomic E-state index is 13.7. The van der Waals surface area contributed by atoms with Gasteiger partial charge in [-0.25, -0.2) is 13.4 Å². The van der Waals surface area contributed by atoms with E-state index >= 15 is 0 Å². The van der Waals surface area contributed by atoms with E-state index in [-0.39, 0.29) is 23.2 Å². The third-order valence-corrected chi connectivity index (χ3v) is 9.67. The van der Waals surface area contributed by atoms with E-state index in [2.05, 4.69) is 31.7 Å². The number of rotatable bonds is 9. The summed E-state index contributed by atoms with van der Waals surface area (Å²) >= 11 is 1.52. The first-order valence-corrected chi connectivity index (χ1v) is 14.6. The molecule has 1 fully saturated rings. The van der Waals surface area contributed by atoms with Crippen molar-refractivity contribution in [3.8, 4) is 0 Å². The fourth-order valence-electron chi connectivity index (χ4n) is 4.41. The summed E-state index contributed by atoms with van der Waals surface area (Å²) < 4.78 is 33.7. The highest BCUT2D eigenvalue weighted by molar-refractivity contribution is 7.89. The highest BCUT2D eigenvalue weighted by atomic mass is 35.5. The lowest BCUT2D eigenvalue weighted by Crippen LogP contribution is -2.40. The number of hydrogen-bond donors (Lipinski definition) is 0. The average molecular weight is 567 g/mol. The van der Waals surface area contributed by atoms with Crippen LogP contribution in [0.2, 0.25) is 0 Å². The van der Waals surface area contributed by atoms with E-state index in [1.807, 2.05) is 13.0 Å². The summed E-state index contributed by atoms with van der Waals surface area (Å²) in [7, 11) is -3.62. The SMILES string of the molecule is CCN(CC)CCN(C(=O)c1ccc(S(=O)(=O)N2CCOCC2)cc1)c1nc2cc(C)cc(C)c2s1.Cl. The summed E-state index contributed by atoms with van der Waals surface area (Å²) in [5.74, 6) is -0.189. The molecule has 37 heavy (non-hydrogen) atoms. The van der Waals surface area contributed by atoms with Crippen LogP contribution in [0.1, 0.15) is 35.3 Å². The molecule has 1 aliphatic rings. The second kappa shape index (κ2) is 12.6. The van der Waals surface area contributed by atoms with E-state index in [9.17, 15) is 13.2 Å². The van der Waals surface area contributed by atoms with Crippen LogP contribution >= 0.6 is 23.7 Å². The Morgan fingerprint density at radius 2 is 1.70 bits per heavy atom. The smallest absolute Gasteiger partial charge is 0.260 e. The van der Waals surface area contributed by atoms with Gasteiger partial charge in [0.1, 0.15) is 0 Å². The molecule has 0 unspecified atom stereocenters. The van der Waals surface area contributed by atoms with Crippen LogP contribution < -0.4 is 4.90 Å². The van der Waals surface area contributed by atoms with Crippen LogP contribution in [0, 0.1) is 13.8 Å². The van der Waals surface area contributed by atoms with Gasteiger partial charge < -0.3 is 9.64 Å². The van der Waals surface area contributed by atoms with Gasteiger partial charge in [-0.2, -0.15) is 4.31 Å². The summed E-state index contributed by atoms with van der Waals surface area (Å²) in [6.45, 7) is 12.8. The van der Waals surface area contributed by atoms with Gasteiger partial charge in [-0.1, -0.05) is 31.3 Å². The Kier molecular flexibility index (Phi) is 10.1. The van der Waals surface area contributed by atoms with Crippen molar-refractivity contribution in [2.75, 3.05) is 57.4 Å². The first kappa shape index (κ1) is 29.5. The topological polar surface area (TPSA) is 83.1 Å². The zero-order chi connectivity index (χ0) is 25.9. The monoisotopic (exact) mass is 566 g/mol. The lowest BCUT2D eigenvalue weighted by atomic mass is 10.1. The Morgan fingerprint density at radius 3 is 2.32 bits per heavy atom. The molecule has 3 aromatic rings. The number of carbonyl (C=O) groups is 1. The minimum atomic E-state index is -3.62. The first-order chi connectivity index (χ1) is 17.2. The Bertz CT molecular complexity index is 1320. The Morgan fingerprint density at radius 1 is 1.05 bits per heavy atom. The minimum absolute atomic E-state index is 0. The van der Waals surface area contributed by atoms with Gasteiger partial charge in [0.2, 0.25) is 10.0 Å². The number of benzene rings is 2. The van der Waals surface area contributed by atoms with Crippen molar-refractivity contribution in [1.29, 1.82) is 0 Å². The fraction of sp³-hybridized carbons (Fsp3) is 0.462. The Balaban J connectivity index is 0.00000380. The first-order valence-electron chi connectivity index (χ1n) is 12.3. The van der Waals surface area contributed by atoms with E-state index in [0.717, 1.165) is 41.0 Å². The van der Waals surface area contributed by atoms with Crippen molar-refractivity contribution in [2.24, 2.45) is 0 Å². The highest BCUT2D eigenvalue weighted by Gasteiger charge is 2.27. The number of aromatic nitrogens is 1. The molecule has 1 saturated heterocycles. The van der Waals surface area contributed by atoms with Crippen molar-refractivity contribution in [2.45, 2.75) is 32.6 Å². The van der Waals surface area contributed by atoms with Gasteiger partial charge in [0.25, 0.3) is 5.91 Å². The van der Waals surface area contributed by atoms with Crippen molar-refractivity contribution in [1.82, 2.24) is 14.2 Å². The second-order valence-corrected chi connectivity index (χ2v) is 11.9. The summed E-state index contributed by atoms with van der Waals surface area (Å²) in [4.78, 5) is 22.7. The van der Waals surface area contributed by atoms with E-state index in [1.165, 1.54) is 27.8 Å². The van der Waals surface area contributed by atoms with Gasteiger partial charge in [-0.15, -0.1) is 12.4 Å². The molecule has 11 heteroatoms. The molecule has 0 aliphatic carbocycles. The predicted octanol–water partition coefficient (Wildman–Crippen LogP) is 4.34. The standard InChI is InChI=1S/C26H34N4O4S2.ClH/c1-5-28(6-2)11-12-30(26-27-23-18-19(3)17-20(4)24(23)35-26)25(31)21-7-9-22(10-8-21)36(32,33)29-13-15-34-16-14-29;/h7-10,17-18H,5-6,11-16H2,1-4H3;1H. The molecule has 0 N–H and O–H groups in total. The number of thiazole rings is 1. The van der Waals surface area contributed by atoms with Crippen LogP contribution in [-0.2, 0) is 14.8 Å². The number of sulfonamides is 1. The maximum Gasteiger partial charge on any atom is 0.260 e. The third kappa shape index (κ3) is 6.50. The summed E-state index contributed by atoms with van der Waals surface area (Å²) in [6.07, 6.45) is 0. The van der Waals surface area contributed by atoms with Crippen LogP contribution in [0.4, 0.5) is 5.13 Å². The molecule has 2 aromatic carbocycles. The van der Waals surface area contributed by atoms with E-state index in [1.54, 1.807) is 17.0 Å². The molecule has 1 aromatic heterocycles. The lowest BCUT2D eigenvalue weighted by molar-refractivity contribution is 0.0730. The summed E-state index contributed by atoms with van der Waals surface area (Å²) in [6, 6.07) is 10.4. The molecule has 202 valence electrons. The van der Waals surface area contributed by atoms with Crippen LogP contribution in [0.3, 0.4) is 0 Å². The fourth-order valence-corrected chi connectivity index (χ4v) is 6.85. The number of hydrogen-bond acceptors (Lipinski definition) is 7. The molecule has 0 spiro atoms. The molecule has 0 radical (unpaired) electrons. The molecule has 1 aliphatic heterocycles. The third-order valence-electron chi connectivity index (χ3n) is 6.53. The summed E-state index contributed by atoms with van der Waals surface area (Å²) in [5, 5.41) is 0.654. The zero-order valence-electron chi connectivity index (χ0n) is 21.8. The number of carbonyl (C=O) groups excluding carboxylic acids is 1. The van der Waals surface area contributed by atoms with Gasteiger partial charge in [0, 0.05) is 31.7 Å². The van der Waals surface area contributed by atoms with Crippen molar-refractivity contribution >= 4 is 55.0 Å². The lowest BCUT2D eigenvalue weighted by Gasteiger charge is -2.26. The van der Waals surface area contributed by atoms with E-state index < -0.39 is 10.0 Å². The molecule has 2 heterocycles. The van der Waals surface area contributed by atoms with Gasteiger partial charge >= 0.3 is 0 Å². The average Bonchev–Trinajstić information content (AvgIpc) is 3.31. The Hall–Kier alpha value is -2.08. The summed E-state index contributed by atoms with van der Waals surface area (Å²) in [5.41, 5.74) is 3.60. The molecule has 1 amide bonds. The molecular formula is C26H35ClN4O4S2. The number of aryl methyl sites for hydroxylation is 2. The quantitative estimate of drug-likeness (QED) is 0.383. The van der Waals surface area contributed by atoms with Crippen molar-refractivity contribution < 1.29 is 17.9 Å².